The number of ether oxygens (including phenoxy) is 1. The average molecular weight is 469 g/mol. The first kappa shape index (κ1) is 19.4. The molecular formula is C19H15BrClNO2S2. The van der Waals surface area contributed by atoms with Crippen LogP contribution in [0.5, 0.6) is 5.75 Å². The molecule has 0 spiro atoms. The number of carbonyl (C=O) groups is 1. The zero-order chi connectivity index (χ0) is 18.8. The van der Waals surface area contributed by atoms with Crippen molar-refractivity contribution in [3.05, 3.63) is 67.5 Å². The number of thioether (sulfide) groups is 1. The van der Waals surface area contributed by atoms with Crippen LogP contribution in [0.15, 0.2) is 45.8 Å². The van der Waals surface area contributed by atoms with Gasteiger partial charge in [-0.3, -0.25) is 9.69 Å². The van der Waals surface area contributed by atoms with Gasteiger partial charge in [0.1, 0.15) is 10.1 Å². The van der Waals surface area contributed by atoms with E-state index < -0.39 is 0 Å². The Bertz CT molecular complexity index is 913. The fraction of sp³-hybridized carbons (Fsp3) is 0.158. The maximum Gasteiger partial charge on any atom is 0.266 e. The quantitative estimate of drug-likeness (QED) is 0.418. The molecule has 0 N–H and O–H groups in total. The topological polar surface area (TPSA) is 29.5 Å². The highest BCUT2D eigenvalue weighted by Crippen LogP contribution is 2.38. The van der Waals surface area contributed by atoms with E-state index in [4.69, 9.17) is 28.6 Å². The number of thiocarbonyl (C=S) groups is 1. The van der Waals surface area contributed by atoms with E-state index in [1.165, 1.54) is 17.3 Å². The molecule has 0 radical (unpaired) electrons. The summed E-state index contributed by atoms with van der Waals surface area (Å²) in [6.45, 7) is 2.49. The molecule has 134 valence electrons. The molecule has 2 aromatic carbocycles. The number of benzene rings is 2. The summed E-state index contributed by atoms with van der Waals surface area (Å²) in [5.41, 5.74) is 2.94. The van der Waals surface area contributed by atoms with Gasteiger partial charge in [0.05, 0.1) is 23.6 Å². The predicted octanol–water partition coefficient (Wildman–Crippen LogP) is 5.82. The highest BCUT2D eigenvalue weighted by atomic mass is 79.9. The Hall–Kier alpha value is -1.34. The van der Waals surface area contributed by atoms with Crippen molar-refractivity contribution in [1.29, 1.82) is 0 Å². The van der Waals surface area contributed by atoms with Crippen LogP contribution in [0.2, 0.25) is 5.02 Å². The van der Waals surface area contributed by atoms with E-state index in [-0.39, 0.29) is 5.91 Å². The second kappa shape index (κ2) is 8.13. The van der Waals surface area contributed by atoms with Crippen molar-refractivity contribution in [3.63, 3.8) is 0 Å². The van der Waals surface area contributed by atoms with Gasteiger partial charge in [-0.2, -0.15) is 0 Å². The Morgan fingerprint density at radius 1 is 1.31 bits per heavy atom. The molecular weight excluding hydrogens is 454 g/mol. The summed E-state index contributed by atoms with van der Waals surface area (Å²) in [6.07, 6.45) is 1.77. The summed E-state index contributed by atoms with van der Waals surface area (Å²) in [4.78, 5) is 15.0. The molecule has 1 aliphatic heterocycles. The molecule has 0 bridgehead atoms. The molecule has 0 aliphatic carbocycles. The van der Waals surface area contributed by atoms with Crippen LogP contribution in [0.25, 0.3) is 6.08 Å². The van der Waals surface area contributed by atoms with Gasteiger partial charge in [0.25, 0.3) is 5.91 Å². The normalized spacial score (nSPS) is 15.8. The van der Waals surface area contributed by atoms with Gasteiger partial charge >= 0.3 is 0 Å². The van der Waals surface area contributed by atoms with Gasteiger partial charge in [-0.25, -0.2) is 0 Å². The second-order valence-electron chi connectivity index (χ2n) is 5.76. The number of nitrogens with zero attached hydrogens (tertiary/aromatic N) is 1. The summed E-state index contributed by atoms with van der Waals surface area (Å²) in [5, 5.41) is 0.475. The smallest absolute Gasteiger partial charge is 0.266 e. The lowest BCUT2D eigenvalue weighted by atomic mass is 10.1. The largest absolute Gasteiger partial charge is 0.495 e. The molecule has 3 rings (SSSR count). The van der Waals surface area contributed by atoms with Crippen molar-refractivity contribution in [3.8, 4) is 5.75 Å². The molecule has 0 atom stereocenters. The highest BCUT2D eigenvalue weighted by Gasteiger charge is 2.32. The number of halogens is 2. The van der Waals surface area contributed by atoms with Crippen molar-refractivity contribution in [2.75, 3.05) is 7.11 Å². The Labute approximate surface area is 175 Å². The predicted molar refractivity (Wildman–Crippen MR) is 116 cm³/mol. The maximum atomic E-state index is 12.8. The van der Waals surface area contributed by atoms with Gasteiger partial charge in [-0.15, -0.1) is 0 Å². The number of hydrogen-bond acceptors (Lipinski definition) is 4. The van der Waals surface area contributed by atoms with Crippen LogP contribution in [0, 0.1) is 6.92 Å². The molecule has 2 aromatic rings. The Morgan fingerprint density at radius 2 is 2.00 bits per heavy atom. The number of aryl methyl sites for hydroxylation is 1. The Morgan fingerprint density at radius 3 is 2.65 bits per heavy atom. The van der Waals surface area contributed by atoms with Crippen LogP contribution in [-0.4, -0.2) is 22.2 Å². The number of methoxy groups -OCH3 is 1. The molecule has 3 nitrogen and oxygen atoms in total. The summed E-state index contributed by atoms with van der Waals surface area (Å²) in [5.74, 6) is 0.414. The average Bonchev–Trinajstić information content (AvgIpc) is 2.84. The maximum absolute atomic E-state index is 12.8. The summed E-state index contributed by atoms with van der Waals surface area (Å²) >= 11 is 16.3. The third-order valence-corrected chi connectivity index (χ3v) is 5.98. The second-order valence-corrected chi connectivity index (χ2v) is 8.76. The van der Waals surface area contributed by atoms with Crippen molar-refractivity contribution in [2.24, 2.45) is 0 Å². The molecule has 0 aromatic heterocycles. The lowest BCUT2D eigenvalue weighted by Gasteiger charge is -2.14. The van der Waals surface area contributed by atoms with Crippen molar-refractivity contribution in [2.45, 2.75) is 13.5 Å². The molecule has 7 heteroatoms. The number of rotatable bonds is 4. The van der Waals surface area contributed by atoms with Gasteiger partial charge in [0, 0.05) is 10.0 Å². The highest BCUT2D eigenvalue weighted by molar-refractivity contribution is 9.10. The summed E-state index contributed by atoms with van der Waals surface area (Å²) < 4.78 is 6.73. The third kappa shape index (κ3) is 4.14. The standard InChI is InChI=1S/C19H15BrClNO2S2/c1-11-3-5-12(6-4-11)10-22-18(23)16(26-19(22)25)8-13-7-14(20)9-15(21)17(13)24-2/h3-9H,10H2,1-2H3/b16-8-. The zero-order valence-electron chi connectivity index (χ0n) is 14.1. The minimum Gasteiger partial charge on any atom is -0.495 e. The SMILES string of the molecule is COc1c(Cl)cc(Br)cc1/C=C1\SC(=S)N(Cc2ccc(C)cc2)C1=O. The third-order valence-electron chi connectivity index (χ3n) is 3.86. The monoisotopic (exact) mass is 467 g/mol. The number of carbonyl (C=O) groups excluding carboxylic acids is 1. The van der Waals surface area contributed by atoms with E-state index in [1.54, 1.807) is 24.2 Å². The molecule has 0 unspecified atom stereocenters. The minimum atomic E-state index is -0.112. The molecule has 1 heterocycles. The van der Waals surface area contributed by atoms with Crippen LogP contribution >= 0.6 is 51.5 Å². The summed E-state index contributed by atoms with van der Waals surface area (Å²) in [7, 11) is 1.55. The first-order valence-corrected chi connectivity index (χ1v) is 10.1. The van der Waals surface area contributed by atoms with E-state index in [0.29, 0.717) is 26.5 Å². The van der Waals surface area contributed by atoms with Gasteiger partial charge in [-0.05, 0) is 30.7 Å². The first-order chi connectivity index (χ1) is 12.4. The van der Waals surface area contributed by atoms with E-state index in [9.17, 15) is 4.79 Å². The van der Waals surface area contributed by atoms with Crippen LogP contribution in [0.4, 0.5) is 0 Å². The van der Waals surface area contributed by atoms with Gasteiger partial charge in [0.15, 0.2) is 0 Å². The lowest BCUT2D eigenvalue weighted by molar-refractivity contribution is -0.122. The minimum absolute atomic E-state index is 0.112. The van der Waals surface area contributed by atoms with Gasteiger partial charge in [-0.1, -0.05) is 81.3 Å². The first-order valence-electron chi connectivity index (χ1n) is 7.73. The molecule has 1 aliphatic rings. The van der Waals surface area contributed by atoms with Gasteiger partial charge < -0.3 is 4.74 Å². The van der Waals surface area contributed by atoms with Crippen LogP contribution < -0.4 is 4.74 Å². The summed E-state index contributed by atoms with van der Waals surface area (Å²) in [6, 6.07) is 11.7. The van der Waals surface area contributed by atoms with E-state index in [1.807, 2.05) is 37.3 Å². The zero-order valence-corrected chi connectivity index (χ0v) is 18.1. The molecule has 1 fully saturated rings. The van der Waals surface area contributed by atoms with Crippen LogP contribution in [0.3, 0.4) is 0 Å². The fourth-order valence-electron chi connectivity index (χ4n) is 2.56. The number of amides is 1. The molecule has 0 saturated carbocycles. The Balaban J connectivity index is 1.89. The van der Waals surface area contributed by atoms with Gasteiger partial charge in [0.2, 0.25) is 0 Å². The lowest BCUT2D eigenvalue weighted by Crippen LogP contribution is -2.27. The van der Waals surface area contributed by atoms with E-state index >= 15 is 0 Å². The molecule has 1 amide bonds. The van der Waals surface area contributed by atoms with Crippen LogP contribution in [-0.2, 0) is 11.3 Å². The van der Waals surface area contributed by atoms with Crippen molar-refractivity contribution < 1.29 is 9.53 Å². The van der Waals surface area contributed by atoms with E-state index in [0.717, 1.165) is 15.6 Å². The fourth-order valence-corrected chi connectivity index (χ4v) is 4.71. The number of hydrogen-bond donors (Lipinski definition) is 0. The van der Waals surface area contributed by atoms with Crippen molar-refractivity contribution >= 4 is 67.8 Å². The van der Waals surface area contributed by atoms with Crippen LogP contribution in [0.1, 0.15) is 16.7 Å². The molecule has 1 saturated heterocycles. The molecule has 26 heavy (non-hydrogen) atoms. The van der Waals surface area contributed by atoms with E-state index in [2.05, 4.69) is 15.9 Å². The Kier molecular flexibility index (Phi) is 6.07. The van der Waals surface area contributed by atoms with Crippen molar-refractivity contribution in [1.82, 2.24) is 4.90 Å².